The van der Waals surface area contributed by atoms with Crippen LogP contribution in [0.5, 0.6) is 0 Å². The number of carbonyl (C=O) groups excluding carboxylic acids is 1. The van der Waals surface area contributed by atoms with Crippen LogP contribution >= 0.6 is 0 Å². The largest absolute Gasteiger partial charge is 0.349 e. The molecule has 0 aromatic carbocycles. The van der Waals surface area contributed by atoms with Crippen molar-refractivity contribution in [1.82, 2.24) is 20.4 Å². The van der Waals surface area contributed by atoms with Crippen LogP contribution in [0, 0.1) is 11.8 Å². The van der Waals surface area contributed by atoms with Gasteiger partial charge in [-0.05, 0) is 37.3 Å². The molecule has 0 radical (unpaired) electrons. The Labute approximate surface area is 107 Å². The highest BCUT2D eigenvalue weighted by molar-refractivity contribution is 5.82. The van der Waals surface area contributed by atoms with Crippen LogP contribution in [0.2, 0.25) is 0 Å². The van der Waals surface area contributed by atoms with E-state index in [9.17, 15) is 4.79 Å². The van der Waals surface area contributed by atoms with E-state index in [1.165, 1.54) is 19.3 Å². The lowest BCUT2D eigenvalue weighted by Crippen LogP contribution is -2.43. The van der Waals surface area contributed by atoms with Crippen LogP contribution in [-0.2, 0) is 18.4 Å². The molecular formula is C13H20N4O. The van der Waals surface area contributed by atoms with Gasteiger partial charge in [0.25, 0.3) is 0 Å². The molecule has 3 atom stereocenters. The number of rotatable bonds is 3. The maximum Gasteiger partial charge on any atom is 0.237 e. The average molecular weight is 248 g/mol. The van der Waals surface area contributed by atoms with Gasteiger partial charge in [0.15, 0.2) is 0 Å². The molecule has 1 aliphatic carbocycles. The van der Waals surface area contributed by atoms with E-state index in [4.69, 9.17) is 0 Å². The zero-order valence-electron chi connectivity index (χ0n) is 10.7. The summed E-state index contributed by atoms with van der Waals surface area (Å²) in [4.78, 5) is 12.2. The van der Waals surface area contributed by atoms with Gasteiger partial charge in [-0.15, -0.1) is 0 Å². The molecule has 1 amide bonds. The average Bonchev–Trinajstić information content (AvgIpc) is 3.01. The summed E-state index contributed by atoms with van der Waals surface area (Å²) in [6.07, 6.45) is 5.51. The second-order valence-corrected chi connectivity index (χ2v) is 5.40. The number of aryl methyl sites for hydroxylation is 1. The van der Waals surface area contributed by atoms with Gasteiger partial charge < -0.3 is 10.6 Å². The van der Waals surface area contributed by atoms with Gasteiger partial charge in [0.1, 0.15) is 0 Å². The Morgan fingerprint density at radius 1 is 1.61 bits per heavy atom. The Balaban J connectivity index is 1.57. The molecule has 2 heterocycles. The summed E-state index contributed by atoms with van der Waals surface area (Å²) >= 11 is 0. The van der Waals surface area contributed by atoms with Crippen LogP contribution in [0.1, 0.15) is 25.0 Å². The van der Waals surface area contributed by atoms with E-state index in [1.807, 2.05) is 13.1 Å². The lowest BCUT2D eigenvalue weighted by molar-refractivity contribution is -0.124. The normalized spacial score (nSPS) is 30.4. The van der Waals surface area contributed by atoms with Gasteiger partial charge >= 0.3 is 0 Å². The first-order valence-electron chi connectivity index (χ1n) is 6.73. The second kappa shape index (κ2) is 4.72. The highest BCUT2D eigenvalue weighted by atomic mass is 16.2. The molecule has 3 unspecified atom stereocenters. The Hall–Kier alpha value is -1.36. The maximum absolute atomic E-state index is 12.2. The van der Waals surface area contributed by atoms with E-state index >= 15 is 0 Å². The van der Waals surface area contributed by atoms with Gasteiger partial charge in [-0.1, -0.05) is 6.42 Å². The van der Waals surface area contributed by atoms with Gasteiger partial charge in [0, 0.05) is 13.2 Å². The van der Waals surface area contributed by atoms with Crippen molar-refractivity contribution in [3.05, 3.63) is 18.0 Å². The van der Waals surface area contributed by atoms with Crippen molar-refractivity contribution in [2.45, 2.75) is 31.8 Å². The lowest BCUT2D eigenvalue weighted by Gasteiger charge is -2.17. The molecule has 3 rings (SSSR count). The van der Waals surface area contributed by atoms with E-state index < -0.39 is 0 Å². The minimum absolute atomic E-state index is 0.0192. The molecule has 0 bridgehead atoms. The van der Waals surface area contributed by atoms with Crippen LogP contribution in [0.15, 0.2) is 12.3 Å². The molecular weight excluding hydrogens is 228 g/mol. The van der Waals surface area contributed by atoms with Gasteiger partial charge in [-0.3, -0.25) is 9.48 Å². The molecule has 1 aromatic rings. The van der Waals surface area contributed by atoms with Crippen LogP contribution in [0.25, 0.3) is 0 Å². The number of nitrogens with zero attached hydrogens (tertiary/aromatic N) is 2. The van der Waals surface area contributed by atoms with E-state index in [0.717, 1.165) is 18.2 Å². The molecule has 5 nitrogen and oxygen atoms in total. The van der Waals surface area contributed by atoms with Crippen molar-refractivity contribution in [2.75, 3.05) is 6.54 Å². The van der Waals surface area contributed by atoms with Crippen molar-refractivity contribution in [3.63, 3.8) is 0 Å². The van der Waals surface area contributed by atoms with Crippen LogP contribution in [-0.4, -0.2) is 28.3 Å². The molecule has 2 N–H and O–H groups in total. The summed E-state index contributed by atoms with van der Waals surface area (Å²) in [5, 5.41) is 10.5. The summed E-state index contributed by atoms with van der Waals surface area (Å²) in [7, 11) is 1.89. The van der Waals surface area contributed by atoms with Gasteiger partial charge in [0.2, 0.25) is 5.91 Å². The number of nitrogens with one attached hydrogen (secondary N) is 2. The first-order chi connectivity index (χ1) is 8.75. The zero-order valence-corrected chi connectivity index (χ0v) is 10.7. The van der Waals surface area contributed by atoms with Crippen molar-refractivity contribution >= 4 is 5.91 Å². The van der Waals surface area contributed by atoms with E-state index in [-0.39, 0.29) is 11.9 Å². The van der Waals surface area contributed by atoms with Crippen LogP contribution < -0.4 is 10.6 Å². The quantitative estimate of drug-likeness (QED) is 0.815. The topological polar surface area (TPSA) is 59.0 Å². The van der Waals surface area contributed by atoms with Gasteiger partial charge in [-0.25, -0.2) is 0 Å². The third-order valence-corrected chi connectivity index (χ3v) is 4.39. The predicted molar refractivity (Wildman–Crippen MR) is 67.7 cm³/mol. The lowest BCUT2D eigenvalue weighted by atomic mass is 9.93. The monoisotopic (exact) mass is 248 g/mol. The number of amides is 1. The Kier molecular flexibility index (Phi) is 3.07. The van der Waals surface area contributed by atoms with Gasteiger partial charge in [0.05, 0.1) is 18.3 Å². The van der Waals surface area contributed by atoms with E-state index in [1.54, 1.807) is 10.9 Å². The molecule has 2 aliphatic rings. The Bertz CT molecular complexity index is 442. The van der Waals surface area contributed by atoms with Crippen LogP contribution in [0.4, 0.5) is 0 Å². The predicted octanol–water partition coefficient (Wildman–Crippen LogP) is 0.424. The zero-order chi connectivity index (χ0) is 12.5. The number of carbonyl (C=O) groups is 1. The first-order valence-corrected chi connectivity index (χ1v) is 6.73. The SMILES string of the molecule is Cn1nccc1CNC(=O)C1NCC2CCCC21. The summed E-state index contributed by atoms with van der Waals surface area (Å²) < 4.78 is 1.79. The molecule has 5 heteroatoms. The summed E-state index contributed by atoms with van der Waals surface area (Å²) in [5.74, 6) is 1.42. The van der Waals surface area contributed by atoms with Crippen LogP contribution in [0.3, 0.4) is 0 Å². The molecule has 1 aromatic heterocycles. The number of hydrogen-bond donors (Lipinski definition) is 2. The summed E-state index contributed by atoms with van der Waals surface area (Å²) in [5.41, 5.74) is 1.03. The number of fused-ring (bicyclic) bond motifs is 1. The van der Waals surface area contributed by atoms with E-state index in [2.05, 4.69) is 15.7 Å². The second-order valence-electron chi connectivity index (χ2n) is 5.40. The Morgan fingerprint density at radius 3 is 3.28 bits per heavy atom. The van der Waals surface area contributed by atoms with Crippen molar-refractivity contribution in [1.29, 1.82) is 0 Å². The molecule has 0 spiro atoms. The first kappa shape index (κ1) is 11.7. The highest BCUT2D eigenvalue weighted by Gasteiger charge is 2.42. The maximum atomic E-state index is 12.2. The molecule has 1 saturated carbocycles. The molecule has 1 saturated heterocycles. The van der Waals surface area contributed by atoms with Crippen molar-refractivity contribution < 1.29 is 4.79 Å². The Morgan fingerprint density at radius 2 is 2.50 bits per heavy atom. The standard InChI is InChI=1S/C13H20N4O/c1-17-10(5-6-16-17)8-15-13(18)12-11-4-2-3-9(11)7-14-12/h5-6,9,11-12,14H,2-4,7-8H2,1H3,(H,15,18). The highest BCUT2D eigenvalue weighted by Crippen LogP contribution is 2.37. The number of aromatic nitrogens is 2. The smallest absolute Gasteiger partial charge is 0.237 e. The minimum atomic E-state index is 0.0192. The van der Waals surface area contributed by atoms with Gasteiger partial charge in [-0.2, -0.15) is 5.10 Å². The van der Waals surface area contributed by atoms with Crippen molar-refractivity contribution in [2.24, 2.45) is 18.9 Å². The molecule has 98 valence electrons. The molecule has 18 heavy (non-hydrogen) atoms. The fourth-order valence-corrected chi connectivity index (χ4v) is 3.34. The fraction of sp³-hybridized carbons (Fsp3) is 0.692. The molecule has 2 fully saturated rings. The van der Waals surface area contributed by atoms with Crippen molar-refractivity contribution in [3.8, 4) is 0 Å². The third kappa shape index (κ3) is 2.03. The van der Waals surface area contributed by atoms with E-state index in [0.29, 0.717) is 12.5 Å². The summed E-state index contributed by atoms with van der Waals surface area (Å²) in [6.45, 7) is 1.57. The number of hydrogen-bond acceptors (Lipinski definition) is 3. The minimum Gasteiger partial charge on any atom is -0.349 e. The molecule has 1 aliphatic heterocycles. The third-order valence-electron chi connectivity index (χ3n) is 4.39. The summed E-state index contributed by atoms with van der Waals surface area (Å²) in [6, 6.07) is 1.95. The fourth-order valence-electron chi connectivity index (χ4n) is 3.34.